The molecule has 3 unspecified atom stereocenters. The van der Waals surface area contributed by atoms with Crippen molar-refractivity contribution < 1.29 is 13.2 Å². The van der Waals surface area contributed by atoms with Gasteiger partial charge in [-0.1, -0.05) is 12.1 Å². The number of guanidine groups is 1. The summed E-state index contributed by atoms with van der Waals surface area (Å²) in [6, 6.07) is 7.21. The molecule has 2 fully saturated rings. The van der Waals surface area contributed by atoms with Crippen molar-refractivity contribution in [3.8, 4) is 0 Å². The summed E-state index contributed by atoms with van der Waals surface area (Å²) in [4.78, 5) is 4.56. The summed E-state index contributed by atoms with van der Waals surface area (Å²) < 4.78 is 31.2. The first-order valence-corrected chi connectivity index (χ1v) is 9.98. The van der Waals surface area contributed by atoms with Gasteiger partial charge < -0.3 is 15.4 Å². The van der Waals surface area contributed by atoms with Crippen molar-refractivity contribution in [3.63, 3.8) is 0 Å². The largest absolute Gasteiger partial charge is 0.373 e. The van der Waals surface area contributed by atoms with E-state index in [0.717, 1.165) is 30.8 Å². The maximum atomic E-state index is 12.1. The lowest BCUT2D eigenvalue weighted by Crippen LogP contribution is -2.47. The van der Waals surface area contributed by atoms with Gasteiger partial charge in [0.15, 0.2) is 5.96 Å². The summed E-state index contributed by atoms with van der Waals surface area (Å²) >= 11 is 0. The normalized spacial score (nSPS) is 26.2. The fraction of sp³-hybridized carbons (Fsp3) is 0.588. The summed E-state index contributed by atoms with van der Waals surface area (Å²) in [7, 11) is 1.41. The van der Waals surface area contributed by atoms with Crippen LogP contribution >= 0.6 is 0 Å². The van der Waals surface area contributed by atoms with E-state index in [9.17, 15) is 8.42 Å². The average molecular weight is 366 g/mol. The molecule has 7 nitrogen and oxygen atoms in total. The molecule has 2 N–H and O–H groups in total. The topological polar surface area (TPSA) is 83.0 Å². The molecule has 2 aliphatic rings. The molecule has 0 amide bonds. The zero-order valence-electron chi connectivity index (χ0n) is 14.9. The van der Waals surface area contributed by atoms with Crippen LogP contribution in [0.25, 0.3) is 0 Å². The summed E-state index contributed by atoms with van der Waals surface area (Å²) in [5, 5.41) is 6.71. The highest BCUT2D eigenvalue weighted by Crippen LogP contribution is 2.34. The summed E-state index contributed by atoms with van der Waals surface area (Å²) in [6.45, 7) is 0.573. The number of hydrogen-bond donors (Lipinski definition) is 2. The van der Waals surface area contributed by atoms with Crippen LogP contribution in [0, 0.1) is 0 Å². The van der Waals surface area contributed by atoms with Gasteiger partial charge >= 0.3 is 0 Å². The predicted octanol–water partition coefficient (Wildman–Crippen LogP) is 0.922. The quantitative estimate of drug-likeness (QED) is 0.598. The predicted molar refractivity (Wildman–Crippen MR) is 96.9 cm³/mol. The number of nitrogens with zero attached hydrogens (tertiary/aromatic N) is 2. The van der Waals surface area contributed by atoms with E-state index in [-0.39, 0.29) is 0 Å². The van der Waals surface area contributed by atoms with Gasteiger partial charge in [0.2, 0.25) is 10.0 Å². The Labute approximate surface area is 149 Å². The number of rotatable bonds is 5. The lowest BCUT2D eigenvalue weighted by atomic mass is 9.96. The van der Waals surface area contributed by atoms with E-state index in [1.807, 2.05) is 12.1 Å². The first-order chi connectivity index (χ1) is 11.9. The average Bonchev–Trinajstić information content (AvgIpc) is 3.21. The first-order valence-electron chi connectivity index (χ1n) is 8.54. The van der Waals surface area contributed by atoms with Crippen LogP contribution in [-0.4, -0.2) is 58.1 Å². The molecule has 3 atom stereocenters. The molecule has 0 spiro atoms. The number of nitrogens with one attached hydrogen (secondary N) is 2. The number of hydrogen-bond acceptors (Lipinski definition) is 4. The Morgan fingerprint density at radius 3 is 2.52 bits per heavy atom. The SMILES string of the molecule is CN=C(NCc1ccc(S(=O)(=O)N(C)C)cc1)NC1CC2CCC1O2. The minimum atomic E-state index is -3.39. The highest BCUT2D eigenvalue weighted by atomic mass is 32.2. The molecule has 2 heterocycles. The number of fused-ring (bicyclic) bond motifs is 2. The van der Waals surface area contributed by atoms with Crippen molar-refractivity contribution >= 4 is 16.0 Å². The standard InChI is InChI=1S/C17H26N4O3S/c1-18-17(20-15-10-13-6-9-16(15)24-13)19-11-12-4-7-14(8-5-12)25(22,23)21(2)3/h4-5,7-8,13,15-16H,6,9-11H2,1-3H3,(H2,18,19,20). The molecule has 0 aromatic heterocycles. The first kappa shape index (κ1) is 18.2. The second kappa shape index (κ2) is 7.31. The second-order valence-corrected chi connectivity index (χ2v) is 8.87. The van der Waals surface area contributed by atoms with Gasteiger partial charge in [-0.25, -0.2) is 12.7 Å². The summed E-state index contributed by atoms with van der Waals surface area (Å²) in [5.74, 6) is 0.742. The molecule has 0 saturated carbocycles. The van der Waals surface area contributed by atoms with E-state index in [1.54, 1.807) is 19.2 Å². The van der Waals surface area contributed by atoms with Crippen molar-refractivity contribution in [2.24, 2.45) is 4.99 Å². The molecule has 1 aromatic carbocycles. The fourth-order valence-corrected chi connectivity index (χ4v) is 4.24. The second-order valence-electron chi connectivity index (χ2n) is 6.72. The van der Waals surface area contributed by atoms with Crippen LogP contribution in [0.5, 0.6) is 0 Å². The van der Waals surface area contributed by atoms with Crippen LogP contribution < -0.4 is 10.6 Å². The maximum Gasteiger partial charge on any atom is 0.242 e. The Hall–Kier alpha value is -1.64. The van der Waals surface area contributed by atoms with Crippen molar-refractivity contribution in [2.75, 3.05) is 21.1 Å². The van der Waals surface area contributed by atoms with E-state index < -0.39 is 10.0 Å². The van der Waals surface area contributed by atoms with Gasteiger partial charge in [0.1, 0.15) is 0 Å². The molecule has 25 heavy (non-hydrogen) atoms. The zero-order chi connectivity index (χ0) is 18.0. The van der Waals surface area contributed by atoms with Crippen molar-refractivity contribution in [2.45, 2.75) is 49.0 Å². The molecule has 0 radical (unpaired) electrons. The van der Waals surface area contributed by atoms with E-state index in [0.29, 0.717) is 29.7 Å². The highest BCUT2D eigenvalue weighted by Gasteiger charge is 2.41. The van der Waals surface area contributed by atoms with Crippen LogP contribution in [0.15, 0.2) is 34.2 Å². The van der Waals surface area contributed by atoms with Gasteiger partial charge in [0.05, 0.1) is 23.1 Å². The lowest BCUT2D eigenvalue weighted by molar-refractivity contribution is 0.0992. The third-order valence-electron chi connectivity index (χ3n) is 4.81. The molecule has 2 aliphatic heterocycles. The van der Waals surface area contributed by atoms with Crippen LogP contribution in [0.3, 0.4) is 0 Å². The monoisotopic (exact) mass is 366 g/mol. The summed E-state index contributed by atoms with van der Waals surface area (Å²) in [6.07, 6.45) is 3.99. The van der Waals surface area contributed by atoms with Gasteiger partial charge in [-0.2, -0.15) is 0 Å². The van der Waals surface area contributed by atoms with Crippen molar-refractivity contribution in [3.05, 3.63) is 29.8 Å². The fourth-order valence-electron chi connectivity index (χ4n) is 3.34. The molecular formula is C17H26N4O3S. The number of benzene rings is 1. The minimum absolute atomic E-state index is 0.291. The van der Waals surface area contributed by atoms with Crippen LogP contribution in [-0.2, 0) is 21.3 Å². The number of ether oxygens (including phenoxy) is 1. The Kier molecular flexibility index (Phi) is 5.31. The van der Waals surface area contributed by atoms with Crippen LogP contribution in [0.2, 0.25) is 0 Å². The molecule has 0 aliphatic carbocycles. The van der Waals surface area contributed by atoms with Gasteiger partial charge in [0.25, 0.3) is 0 Å². The van der Waals surface area contributed by atoms with Gasteiger partial charge in [-0.15, -0.1) is 0 Å². The van der Waals surface area contributed by atoms with Crippen molar-refractivity contribution in [1.29, 1.82) is 0 Å². The Morgan fingerprint density at radius 2 is 2.00 bits per heavy atom. The van der Waals surface area contributed by atoms with E-state index in [2.05, 4.69) is 15.6 Å². The number of sulfonamides is 1. The molecular weight excluding hydrogens is 340 g/mol. The summed E-state index contributed by atoms with van der Waals surface area (Å²) in [5.41, 5.74) is 0.991. The van der Waals surface area contributed by atoms with Crippen molar-refractivity contribution in [1.82, 2.24) is 14.9 Å². The zero-order valence-corrected chi connectivity index (χ0v) is 15.7. The molecule has 2 saturated heterocycles. The van der Waals surface area contributed by atoms with Gasteiger partial charge in [0, 0.05) is 27.7 Å². The third-order valence-corrected chi connectivity index (χ3v) is 6.64. The Morgan fingerprint density at radius 1 is 1.28 bits per heavy atom. The smallest absolute Gasteiger partial charge is 0.242 e. The molecule has 2 bridgehead atoms. The van der Waals surface area contributed by atoms with Gasteiger partial charge in [-0.05, 0) is 37.0 Å². The highest BCUT2D eigenvalue weighted by molar-refractivity contribution is 7.89. The minimum Gasteiger partial charge on any atom is -0.373 e. The van der Waals surface area contributed by atoms with E-state index in [4.69, 9.17) is 4.74 Å². The molecule has 3 rings (SSSR count). The van der Waals surface area contributed by atoms with E-state index in [1.165, 1.54) is 18.4 Å². The Bertz CT molecular complexity index is 731. The number of aliphatic imine (C=N–C) groups is 1. The van der Waals surface area contributed by atoms with Crippen LogP contribution in [0.1, 0.15) is 24.8 Å². The van der Waals surface area contributed by atoms with Gasteiger partial charge in [-0.3, -0.25) is 4.99 Å². The lowest BCUT2D eigenvalue weighted by Gasteiger charge is -2.22. The third kappa shape index (κ3) is 3.96. The molecule has 1 aromatic rings. The molecule has 138 valence electrons. The van der Waals surface area contributed by atoms with E-state index >= 15 is 0 Å². The Balaban J connectivity index is 1.55. The molecule has 8 heteroatoms. The van der Waals surface area contributed by atoms with Crippen LogP contribution in [0.4, 0.5) is 0 Å². The maximum absolute atomic E-state index is 12.1.